The molecule has 0 spiro atoms. The highest BCUT2D eigenvalue weighted by molar-refractivity contribution is 6.33. The van der Waals surface area contributed by atoms with E-state index in [9.17, 15) is 4.79 Å². The van der Waals surface area contributed by atoms with E-state index < -0.39 is 0 Å². The van der Waals surface area contributed by atoms with Crippen molar-refractivity contribution in [2.24, 2.45) is 5.10 Å². The van der Waals surface area contributed by atoms with E-state index in [4.69, 9.17) is 11.6 Å². The molecule has 3 rings (SSSR count). The molecule has 0 heterocycles. The molecule has 0 saturated heterocycles. The van der Waals surface area contributed by atoms with Crippen molar-refractivity contribution in [2.75, 3.05) is 0 Å². The summed E-state index contributed by atoms with van der Waals surface area (Å²) < 4.78 is 0. The SMILES string of the molecule is O=C(N/N=C(\C=C\c1ccccc1)c1ccccc1)c1ccccc1Cl. The van der Waals surface area contributed by atoms with Crippen LogP contribution in [0, 0.1) is 0 Å². The Bertz CT molecular complexity index is 935. The zero-order valence-electron chi connectivity index (χ0n) is 14.0. The van der Waals surface area contributed by atoms with Gasteiger partial charge in [0.2, 0.25) is 0 Å². The highest BCUT2D eigenvalue weighted by atomic mass is 35.5. The molecule has 0 bridgehead atoms. The standard InChI is InChI=1S/C22H17ClN2O/c23-20-14-8-7-13-19(20)22(26)25-24-21(18-11-5-2-6-12-18)16-15-17-9-3-1-4-10-17/h1-16H,(H,25,26)/b16-15+,24-21+. The van der Waals surface area contributed by atoms with Gasteiger partial charge in [-0.2, -0.15) is 5.10 Å². The molecule has 0 saturated carbocycles. The second-order valence-corrected chi connectivity index (χ2v) is 5.94. The number of nitrogens with zero attached hydrogens (tertiary/aromatic N) is 1. The Morgan fingerprint density at radius 2 is 1.46 bits per heavy atom. The molecule has 26 heavy (non-hydrogen) atoms. The Balaban J connectivity index is 1.86. The maximum atomic E-state index is 12.3. The van der Waals surface area contributed by atoms with Crippen LogP contribution in [-0.2, 0) is 0 Å². The minimum Gasteiger partial charge on any atom is -0.267 e. The second-order valence-electron chi connectivity index (χ2n) is 5.53. The van der Waals surface area contributed by atoms with Crippen molar-refractivity contribution in [1.29, 1.82) is 0 Å². The van der Waals surface area contributed by atoms with Gasteiger partial charge < -0.3 is 0 Å². The molecule has 0 radical (unpaired) electrons. The van der Waals surface area contributed by atoms with Gasteiger partial charge in [0.1, 0.15) is 0 Å². The van der Waals surface area contributed by atoms with Crippen LogP contribution in [0.25, 0.3) is 6.08 Å². The molecule has 0 atom stereocenters. The number of amides is 1. The molecular formula is C22H17ClN2O. The Hall–Kier alpha value is -3.17. The zero-order chi connectivity index (χ0) is 18.2. The average molecular weight is 361 g/mol. The third-order valence-corrected chi connectivity index (χ3v) is 4.03. The maximum Gasteiger partial charge on any atom is 0.272 e. The highest BCUT2D eigenvalue weighted by Gasteiger charge is 2.09. The van der Waals surface area contributed by atoms with Gasteiger partial charge >= 0.3 is 0 Å². The lowest BCUT2D eigenvalue weighted by Gasteiger charge is -2.05. The summed E-state index contributed by atoms with van der Waals surface area (Å²) in [5.41, 5.74) is 5.57. The molecule has 0 fully saturated rings. The second kappa shape index (κ2) is 8.79. The van der Waals surface area contributed by atoms with Crippen molar-refractivity contribution in [3.8, 4) is 0 Å². The number of hydrazone groups is 1. The van der Waals surface area contributed by atoms with Gasteiger partial charge in [0.25, 0.3) is 5.91 Å². The summed E-state index contributed by atoms with van der Waals surface area (Å²) in [4.78, 5) is 12.3. The van der Waals surface area contributed by atoms with Crippen LogP contribution >= 0.6 is 11.6 Å². The molecule has 128 valence electrons. The van der Waals surface area contributed by atoms with Crippen LogP contribution in [0.2, 0.25) is 5.02 Å². The quantitative estimate of drug-likeness (QED) is 0.494. The van der Waals surface area contributed by atoms with Gasteiger partial charge in [-0.25, -0.2) is 5.43 Å². The Labute approximate surface area is 157 Å². The lowest BCUT2D eigenvalue weighted by molar-refractivity contribution is 0.0955. The Morgan fingerprint density at radius 3 is 2.15 bits per heavy atom. The molecule has 0 aliphatic rings. The van der Waals surface area contributed by atoms with E-state index in [2.05, 4.69) is 10.5 Å². The molecule has 0 aromatic heterocycles. The number of halogens is 1. The summed E-state index contributed by atoms with van der Waals surface area (Å²) >= 11 is 6.07. The van der Waals surface area contributed by atoms with E-state index in [0.29, 0.717) is 16.3 Å². The largest absolute Gasteiger partial charge is 0.272 e. The molecule has 4 heteroatoms. The van der Waals surface area contributed by atoms with Crippen molar-refractivity contribution in [2.45, 2.75) is 0 Å². The third kappa shape index (κ3) is 4.68. The van der Waals surface area contributed by atoms with Crippen molar-refractivity contribution in [3.05, 3.63) is 113 Å². The number of carbonyl (C=O) groups excluding carboxylic acids is 1. The van der Waals surface area contributed by atoms with Gasteiger partial charge in [0.05, 0.1) is 16.3 Å². The monoisotopic (exact) mass is 360 g/mol. The number of hydrogen-bond donors (Lipinski definition) is 1. The van der Waals surface area contributed by atoms with Crippen molar-refractivity contribution in [3.63, 3.8) is 0 Å². The number of rotatable bonds is 5. The van der Waals surface area contributed by atoms with Crippen LogP contribution in [0.3, 0.4) is 0 Å². The van der Waals surface area contributed by atoms with Gasteiger partial charge in [0, 0.05) is 5.56 Å². The van der Waals surface area contributed by atoms with Gasteiger partial charge in [-0.05, 0) is 23.8 Å². The summed E-state index contributed by atoms with van der Waals surface area (Å²) in [5.74, 6) is -0.350. The molecule has 3 aromatic rings. The van der Waals surface area contributed by atoms with Crippen LogP contribution in [-0.4, -0.2) is 11.6 Å². The minimum atomic E-state index is -0.350. The fraction of sp³-hybridized carbons (Fsp3) is 0. The lowest BCUT2D eigenvalue weighted by Crippen LogP contribution is -2.20. The third-order valence-electron chi connectivity index (χ3n) is 3.70. The van der Waals surface area contributed by atoms with Crippen LogP contribution < -0.4 is 5.43 Å². The Kier molecular flexibility index (Phi) is 5.96. The summed E-state index contributed by atoms with van der Waals surface area (Å²) in [6, 6.07) is 26.5. The summed E-state index contributed by atoms with van der Waals surface area (Å²) in [6.45, 7) is 0. The van der Waals surface area contributed by atoms with E-state index in [0.717, 1.165) is 11.1 Å². The number of allylic oxidation sites excluding steroid dienone is 1. The van der Waals surface area contributed by atoms with Crippen molar-refractivity contribution < 1.29 is 4.79 Å². The summed E-state index contributed by atoms with van der Waals surface area (Å²) in [7, 11) is 0. The topological polar surface area (TPSA) is 41.5 Å². The molecule has 0 unspecified atom stereocenters. The molecule has 1 N–H and O–H groups in total. The van der Waals surface area contributed by atoms with Crippen LogP contribution in [0.5, 0.6) is 0 Å². The fourth-order valence-corrected chi connectivity index (χ4v) is 2.58. The Morgan fingerprint density at radius 1 is 0.846 bits per heavy atom. The number of hydrogen-bond acceptors (Lipinski definition) is 2. The summed E-state index contributed by atoms with van der Waals surface area (Å²) in [6.07, 6.45) is 3.82. The summed E-state index contributed by atoms with van der Waals surface area (Å²) in [5, 5.41) is 4.69. The van der Waals surface area contributed by atoms with Crippen molar-refractivity contribution >= 4 is 29.3 Å². The fourth-order valence-electron chi connectivity index (χ4n) is 2.36. The molecule has 1 amide bonds. The first-order valence-electron chi connectivity index (χ1n) is 8.15. The first kappa shape index (κ1) is 17.6. The van der Waals surface area contributed by atoms with E-state index in [1.54, 1.807) is 24.3 Å². The van der Waals surface area contributed by atoms with Crippen LogP contribution in [0.1, 0.15) is 21.5 Å². The predicted octanol–water partition coefficient (Wildman–Crippen LogP) is 5.19. The normalized spacial score (nSPS) is 11.5. The van der Waals surface area contributed by atoms with Gasteiger partial charge in [0.15, 0.2) is 0 Å². The predicted molar refractivity (Wildman–Crippen MR) is 107 cm³/mol. The van der Waals surface area contributed by atoms with Gasteiger partial charge in [-0.15, -0.1) is 0 Å². The van der Waals surface area contributed by atoms with Crippen LogP contribution in [0.15, 0.2) is 96.1 Å². The molecule has 0 aliphatic carbocycles. The molecule has 3 nitrogen and oxygen atoms in total. The van der Waals surface area contributed by atoms with E-state index in [1.165, 1.54) is 0 Å². The first-order valence-corrected chi connectivity index (χ1v) is 8.53. The average Bonchev–Trinajstić information content (AvgIpc) is 2.69. The van der Waals surface area contributed by atoms with Crippen molar-refractivity contribution in [1.82, 2.24) is 5.43 Å². The van der Waals surface area contributed by atoms with Crippen LogP contribution in [0.4, 0.5) is 0 Å². The lowest BCUT2D eigenvalue weighted by atomic mass is 10.1. The minimum absolute atomic E-state index is 0.350. The number of nitrogens with one attached hydrogen (secondary N) is 1. The molecule has 0 aliphatic heterocycles. The van der Waals surface area contributed by atoms with E-state index in [1.807, 2.05) is 72.8 Å². The first-order chi connectivity index (χ1) is 12.7. The molecular weight excluding hydrogens is 344 g/mol. The number of carbonyl (C=O) groups is 1. The van der Waals surface area contributed by atoms with Gasteiger partial charge in [-0.1, -0.05) is 90.5 Å². The highest BCUT2D eigenvalue weighted by Crippen LogP contribution is 2.14. The van der Waals surface area contributed by atoms with Gasteiger partial charge in [-0.3, -0.25) is 4.79 Å². The van der Waals surface area contributed by atoms with E-state index in [-0.39, 0.29) is 5.91 Å². The number of benzene rings is 3. The van der Waals surface area contributed by atoms with E-state index >= 15 is 0 Å². The molecule has 3 aromatic carbocycles. The zero-order valence-corrected chi connectivity index (χ0v) is 14.7. The smallest absolute Gasteiger partial charge is 0.267 e. The maximum absolute atomic E-state index is 12.3.